The van der Waals surface area contributed by atoms with E-state index < -0.39 is 0 Å². The Morgan fingerprint density at radius 3 is 1.17 bits per heavy atom. The smallest absolute Gasteiger partial charge is 0.0701 e. The predicted octanol–water partition coefficient (Wildman–Crippen LogP) is 0.783. The molecule has 72 valence electrons. The van der Waals surface area contributed by atoms with E-state index in [4.69, 9.17) is 14.2 Å². The molecule has 2 aliphatic rings. The summed E-state index contributed by atoms with van der Waals surface area (Å²) in [6.45, 7) is 5.04. The Labute approximate surface area is 77.8 Å². The van der Waals surface area contributed by atoms with Crippen LogP contribution in [0.4, 0.5) is 0 Å². The lowest BCUT2D eigenvalue weighted by molar-refractivity contribution is -0.0334. The number of hydrogen-bond donors (Lipinski definition) is 0. The van der Waals surface area contributed by atoms with Crippen LogP contribution in [0.15, 0.2) is 0 Å². The van der Waals surface area contributed by atoms with Crippen molar-refractivity contribution in [1.82, 2.24) is 0 Å². The van der Waals surface area contributed by atoms with Gasteiger partial charge in [-0.25, -0.2) is 0 Å². The van der Waals surface area contributed by atoms with Gasteiger partial charge >= 0.3 is 0 Å². The topological polar surface area (TPSA) is 27.7 Å². The highest BCUT2D eigenvalue weighted by molar-refractivity contribution is 7.99. The Morgan fingerprint density at radius 2 is 1.00 bits per heavy atom. The van der Waals surface area contributed by atoms with Crippen molar-refractivity contribution < 1.29 is 14.2 Å². The van der Waals surface area contributed by atoms with E-state index >= 15 is 0 Å². The van der Waals surface area contributed by atoms with E-state index in [-0.39, 0.29) is 0 Å². The van der Waals surface area contributed by atoms with Gasteiger partial charge in [-0.3, -0.25) is 0 Å². The van der Waals surface area contributed by atoms with E-state index in [1.165, 1.54) is 11.5 Å². The summed E-state index contributed by atoms with van der Waals surface area (Å²) in [5, 5.41) is 0. The minimum absolute atomic E-state index is 0.778. The van der Waals surface area contributed by atoms with Gasteiger partial charge in [0.25, 0.3) is 0 Å². The van der Waals surface area contributed by atoms with Crippen LogP contribution in [0.1, 0.15) is 0 Å². The molecular weight excluding hydrogens is 176 g/mol. The molecule has 2 rings (SSSR count). The largest absolute Gasteiger partial charge is 0.380 e. The van der Waals surface area contributed by atoms with Crippen molar-refractivity contribution in [3.63, 3.8) is 0 Å². The summed E-state index contributed by atoms with van der Waals surface area (Å²) in [6, 6.07) is 0. The summed E-state index contributed by atoms with van der Waals surface area (Å²) in [4.78, 5) is 0. The minimum atomic E-state index is 0.778. The van der Waals surface area contributed by atoms with Gasteiger partial charge in [0, 0.05) is 11.5 Å². The summed E-state index contributed by atoms with van der Waals surface area (Å²) >= 11 is 1.97. The monoisotopic (exact) mass is 192 g/mol. The molecule has 0 N–H and O–H groups in total. The predicted molar refractivity (Wildman–Crippen MR) is 49.8 cm³/mol. The third kappa shape index (κ3) is 5.83. The molecule has 0 atom stereocenters. The SMILES string of the molecule is C1COCCO1.C1CSCCO1. The Balaban J connectivity index is 0.000000120. The van der Waals surface area contributed by atoms with Crippen LogP contribution < -0.4 is 0 Å². The zero-order chi connectivity index (χ0) is 8.49. The molecule has 0 amide bonds. The van der Waals surface area contributed by atoms with E-state index in [1.54, 1.807) is 0 Å². The van der Waals surface area contributed by atoms with E-state index in [1.807, 2.05) is 11.8 Å². The molecular formula is C8H16O3S. The number of hydrogen-bond acceptors (Lipinski definition) is 4. The Morgan fingerprint density at radius 1 is 0.583 bits per heavy atom. The molecule has 0 saturated carbocycles. The van der Waals surface area contributed by atoms with Crippen molar-refractivity contribution in [1.29, 1.82) is 0 Å². The van der Waals surface area contributed by atoms with Gasteiger partial charge in [-0.05, 0) is 0 Å². The molecule has 0 unspecified atom stereocenters. The van der Waals surface area contributed by atoms with Crippen molar-refractivity contribution in [3.8, 4) is 0 Å². The number of ether oxygens (including phenoxy) is 3. The fraction of sp³-hybridized carbons (Fsp3) is 1.00. The summed E-state index contributed by atoms with van der Waals surface area (Å²) < 4.78 is 14.9. The Kier molecular flexibility index (Phi) is 6.75. The summed E-state index contributed by atoms with van der Waals surface area (Å²) in [6.07, 6.45) is 0. The molecule has 0 aromatic heterocycles. The van der Waals surface area contributed by atoms with Gasteiger partial charge in [0.15, 0.2) is 0 Å². The first kappa shape index (κ1) is 10.3. The molecule has 2 fully saturated rings. The maximum atomic E-state index is 5.05. The van der Waals surface area contributed by atoms with E-state index in [2.05, 4.69) is 0 Å². The number of thioether (sulfide) groups is 1. The van der Waals surface area contributed by atoms with Gasteiger partial charge < -0.3 is 14.2 Å². The van der Waals surface area contributed by atoms with Crippen molar-refractivity contribution >= 4 is 11.8 Å². The Bertz CT molecular complexity index is 57.3. The highest BCUT2D eigenvalue weighted by Gasteiger charge is 1.95. The molecule has 0 aromatic carbocycles. The molecule has 3 nitrogen and oxygen atoms in total. The van der Waals surface area contributed by atoms with Crippen LogP contribution in [-0.2, 0) is 14.2 Å². The van der Waals surface area contributed by atoms with Gasteiger partial charge in [-0.2, -0.15) is 11.8 Å². The standard InChI is InChI=1S/C4H8O2.C4H8OS/c1-2-6-4-3-5-1;1-3-6-4-2-5-1/h2*1-4H2. The van der Waals surface area contributed by atoms with Crippen LogP contribution in [0.3, 0.4) is 0 Å². The normalized spacial score (nSPS) is 24.0. The van der Waals surface area contributed by atoms with Crippen LogP contribution in [0.2, 0.25) is 0 Å². The van der Waals surface area contributed by atoms with Crippen molar-refractivity contribution in [2.24, 2.45) is 0 Å². The Hall–Kier alpha value is 0.230. The molecule has 0 aliphatic carbocycles. The molecule has 0 bridgehead atoms. The molecule has 2 heterocycles. The van der Waals surface area contributed by atoms with Gasteiger partial charge in [-0.1, -0.05) is 0 Å². The fourth-order valence-electron chi connectivity index (χ4n) is 0.880. The fourth-order valence-corrected chi connectivity index (χ4v) is 1.56. The summed E-state index contributed by atoms with van der Waals surface area (Å²) in [5.74, 6) is 2.39. The molecule has 2 aliphatic heterocycles. The second-order valence-corrected chi connectivity index (χ2v) is 3.67. The van der Waals surface area contributed by atoms with E-state index in [9.17, 15) is 0 Å². The van der Waals surface area contributed by atoms with Crippen LogP contribution in [-0.4, -0.2) is 51.1 Å². The summed E-state index contributed by atoms with van der Waals surface area (Å²) in [7, 11) is 0. The van der Waals surface area contributed by atoms with Crippen LogP contribution in [0.5, 0.6) is 0 Å². The lowest BCUT2D eigenvalue weighted by Gasteiger charge is -2.09. The highest BCUT2D eigenvalue weighted by atomic mass is 32.2. The van der Waals surface area contributed by atoms with Crippen molar-refractivity contribution in [2.75, 3.05) is 51.1 Å². The maximum Gasteiger partial charge on any atom is 0.0701 e. The third-order valence-corrected chi connectivity index (χ3v) is 2.40. The first-order chi connectivity index (χ1) is 6.00. The summed E-state index contributed by atoms with van der Waals surface area (Å²) in [5.41, 5.74) is 0. The molecule has 0 radical (unpaired) electrons. The van der Waals surface area contributed by atoms with Crippen molar-refractivity contribution in [3.05, 3.63) is 0 Å². The first-order valence-corrected chi connectivity index (χ1v) is 5.46. The van der Waals surface area contributed by atoms with Crippen LogP contribution >= 0.6 is 11.8 Å². The van der Waals surface area contributed by atoms with Gasteiger partial charge in [-0.15, -0.1) is 0 Å². The maximum absolute atomic E-state index is 5.05. The second kappa shape index (κ2) is 7.86. The van der Waals surface area contributed by atoms with Crippen LogP contribution in [0, 0.1) is 0 Å². The minimum Gasteiger partial charge on any atom is -0.380 e. The first-order valence-electron chi connectivity index (χ1n) is 4.31. The quantitative estimate of drug-likeness (QED) is 0.567. The molecule has 0 aromatic rings. The molecule has 4 heteroatoms. The van der Waals surface area contributed by atoms with E-state index in [0.29, 0.717) is 0 Å². The lowest BCUT2D eigenvalue weighted by atomic mass is 10.6. The second-order valence-electron chi connectivity index (χ2n) is 2.45. The zero-order valence-electron chi connectivity index (χ0n) is 7.29. The average molecular weight is 192 g/mol. The molecule has 0 spiro atoms. The third-order valence-electron chi connectivity index (χ3n) is 1.49. The van der Waals surface area contributed by atoms with Gasteiger partial charge in [0.05, 0.1) is 39.6 Å². The number of rotatable bonds is 0. The van der Waals surface area contributed by atoms with Gasteiger partial charge in [0.1, 0.15) is 0 Å². The van der Waals surface area contributed by atoms with E-state index in [0.717, 1.165) is 39.6 Å². The zero-order valence-corrected chi connectivity index (χ0v) is 8.11. The van der Waals surface area contributed by atoms with Crippen molar-refractivity contribution in [2.45, 2.75) is 0 Å². The lowest BCUT2D eigenvalue weighted by Crippen LogP contribution is -2.16. The average Bonchev–Trinajstić information content (AvgIpc) is 2.24. The highest BCUT2D eigenvalue weighted by Crippen LogP contribution is 2.03. The van der Waals surface area contributed by atoms with Crippen LogP contribution in [0.25, 0.3) is 0 Å². The molecule has 2 saturated heterocycles. The van der Waals surface area contributed by atoms with Gasteiger partial charge in [0.2, 0.25) is 0 Å². The molecule has 12 heavy (non-hydrogen) atoms.